The summed E-state index contributed by atoms with van der Waals surface area (Å²) >= 11 is 6.02. The Balaban J connectivity index is 1.48. The molecule has 2 heterocycles. The molecule has 3 atom stereocenters. The van der Waals surface area contributed by atoms with Crippen LogP contribution >= 0.6 is 11.6 Å². The lowest BCUT2D eigenvalue weighted by molar-refractivity contribution is -0.121. The monoisotopic (exact) mass is 514 g/mol. The molecule has 1 aliphatic heterocycles. The second-order valence-electron chi connectivity index (χ2n) is 9.36. The maximum absolute atomic E-state index is 14.2. The summed E-state index contributed by atoms with van der Waals surface area (Å²) in [6.45, 7) is 1.88. The number of halogens is 2. The van der Waals surface area contributed by atoms with E-state index >= 15 is 0 Å². The van der Waals surface area contributed by atoms with Gasteiger partial charge in [0.25, 0.3) is 0 Å². The molecule has 6 rings (SSSR count). The number of rotatable bonds is 6. The molecule has 0 radical (unpaired) electrons. The smallest absolute Gasteiger partial charge is 0.240 e. The Labute approximate surface area is 216 Å². The van der Waals surface area contributed by atoms with Gasteiger partial charge in [-0.15, -0.1) is 5.10 Å². The van der Waals surface area contributed by atoms with Crippen LogP contribution < -0.4 is 4.90 Å². The Morgan fingerprint density at radius 1 is 0.946 bits per heavy atom. The van der Waals surface area contributed by atoms with Crippen molar-refractivity contribution in [1.82, 2.24) is 15.0 Å². The number of ketones is 2. The van der Waals surface area contributed by atoms with Crippen molar-refractivity contribution in [2.24, 2.45) is 11.8 Å². The number of hydrogen-bond donors (Lipinski definition) is 0. The number of carbonyl (C=O) groups excluding carboxylic acids is 3. The van der Waals surface area contributed by atoms with E-state index in [1.54, 1.807) is 66.6 Å². The molecule has 0 N–H and O–H groups in total. The highest BCUT2D eigenvalue weighted by Crippen LogP contribution is 2.67. The zero-order valence-corrected chi connectivity index (χ0v) is 20.4. The van der Waals surface area contributed by atoms with E-state index in [1.165, 1.54) is 28.9 Å². The number of aryl methyl sites for hydroxylation is 1. The maximum atomic E-state index is 14.2. The van der Waals surface area contributed by atoms with Crippen LogP contribution in [0.25, 0.3) is 0 Å². The molecule has 1 aliphatic carbocycles. The highest BCUT2D eigenvalue weighted by molar-refractivity contribution is 6.30. The molecule has 7 nitrogen and oxygen atoms in total. The van der Waals surface area contributed by atoms with E-state index in [-0.39, 0.29) is 29.7 Å². The van der Waals surface area contributed by atoms with Crippen LogP contribution in [-0.4, -0.2) is 32.5 Å². The molecule has 0 saturated heterocycles. The first kappa shape index (κ1) is 23.2. The topological polar surface area (TPSA) is 85.2 Å². The predicted octanol–water partition coefficient (Wildman–Crippen LogP) is 4.63. The van der Waals surface area contributed by atoms with Gasteiger partial charge in [-0.05, 0) is 67.1 Å². The Morgan fingerprint density at radius 3 is 2.14 bits per heavy atom. The number of carbonyl (C=O) groups is 3. The van der Waals surface area contributed by atoms with Crippen LogP contribution in [0.15, 0.2) is 79.0 Å². The van der Waals surface area contributed by atoms with Crippen molar-refractivity contribution in [3.05, 3.63) is 112 Å². The highest BCUT2D eigenvalue weighted by Gasteiger charge is 2.79. The average Bonchev–Trinajstić information content (AvgIpc) is 3.34. The van der Waals surface area contributed by atoms with Crippen LogP contribution in [0.5, 0.6) is 0 Å². The van der Waals surface area contributed by atoms with Crippen molar-refractivity contribution < 1.29 is 18.8 Å². The van der Waals surface area contributed by atoms with Crippen molar-refractivity contribution >= 4 is 34.8 Å². The Kier molecular flexibility index (Phi) is 5.31. The summed E-state index contributed by atoms with van der Waals surface area (Å²) in [7, 11) is 0. The molecular formula is C28H20ClFN4O3. The Hall–Kier alpha value is -4.17. The third-order valence-corrected chi connectivity index (χ3v) is 7.46. The van der Waals surface area contributed by atoms with Crippen LogP contribution in [0, 0.1) is 24.6 Å². The van der Waals surface area contributed by atoms with Gasteiger partial charge < -0.3 is 0 Å². The van der Waals surface area contributed by atoms with Crippen molar-refractivity contribution in [1.29, 1.82) is 0 Å². The molecule has 3 unspecified atom stereocenters. The van der Waals surface area contributed by atoms with Crippen molar-refractivity contribution in [2.45, 2.75) is 19.0 Å². The highest BCUT2D eigenvalue weighted by atomic mass is 35.5. The van der Waals surface area contributed by atoms with Crippen molar-refractivity contribution in [3.8, 4) is 0 Å². The lowest BCUT2D eigenvalue weighted by atomic mass is 9.90. The summed E-state index contributed by atoms with van der Waals surface area (Å²) < 4.78 is 15.1. The molecule has 1 amide bonds. The summed E-state index contributed by atoms with van der Waals surface area (Å²) in [5.41, 5.74) is 1.15. The number of amides is 1. The number of hydrogen-bond acceptors (Lipinski definition) is 5. The van der Waals surface area contributed by atoms with Gasteiger partial charge in [0.1, 0.15) is 12.5 Å². The maximum Gasteiger partial charge on any atom is 0.240 e. The largest absolute Gasteiger partial charge is 0.294 e. The predicted molar refractivity (Wildman–Crippen MR) is 134 cm³/mol. The molecule has 37 heavy (non-hydrogen) atoms. The molecule has 184 valence electrons. The van der Waals surface area contributed by atoms with Gasteiger partial charge in [-0.3, -0.25) is 19.3 Å². The lowest BCUT2D eigenvalue weighted by Gasteiger charge is -2.18. The molecule has 3 aromatic carbocycles. The summed E-state index contributed by atoms with van der Waals surface area (Å²) in [6.07, 6.45) is 1.71. The third kappa shape index (κ3) is 3.51. The van der Waals surface area contributed by atoms with Crippen LogP contribution in [0.3, 0.4) is 0 Å². The molecule has 1 aromatic heterocycles. The van der Waals surface area contributed by atoms with Gasteiger partial charge in [-0.1, -0.05) is 35.0 Å². The van der Waals surface area contributed by atoms with Gasteiger partial charge in [-0.25, -0.2) is 9.07 Å². The molecule has 1 spiro atoms. The SMILES string of the molecule is Cc1cn(CN2C(=O)C3(c4ccccc42)C(C(=O)c2ccc(F)cc2)C3C(=O)c2ccc(Cl)cc2)nn1. The van der Waals surface area contributed by atoms with Gasteiger partial charge in [0.15, 0.2) is 11.6 Å². The molecule has 9 heteroatoms. The van der Waals surface area contributed by atoms with E-state index in [4.69, 9.17) is 11.6 Å². The minimum atomic E-state index is -1.38. The van der Waals surface area contributed by atoms with Gasteiger partial charge in [0, 0.05) is 21.8 Å². The van der Waals surface area contributed by atoms with Gasteiger partial charge in [0.2, 0.25) is 5.91 Å². The number of aromatic nitrogens is 3. The van der Waals surface area contributed by atoms with Crippen molar-refractivity contribution in [2.75, 3.05) is 4.90 Å². The number of benzene rings is 3. The Morgan fingerprint density at radius 2 is 1.54 bits per heavy atom. The minimum Gasteiger partial charge on any atom is -0.294 e. The molecule has 0 bridgehead atoms. The number of Topliss-reactive ketones (excluding diaryl/α,β-unsaturated/α-hetero) is 2. The first-order valence-corrected chi connectivity index (χ1v) is 12.1. The van der Waals surface area contributed by atoms with Crippen LogP contribution in [-0.2, 0) is 16.9 Å². The zero-order chi connectivity index (χ0) is 25.9. The summed E-state index contributed by atoms with van der Waals surface area (Å²) in [4.78, 5) is 43.4. The number of nitrogens with zero attached hydrogens (tertiary/aromatic N) is 4. The van der Waals surface area contributed by atoms with E-state index in [0.29, 0.717) is 27.5 Å². The lowest BCUT2D eigenvalue weighted by Crippen LogP contribution is -2.36. The number of fused-ring (bicyclic) bond motifs is 2. The first-order valence-electron chi connectivity index (χ1n) is 11.7. The molecule has 4 aromatic rings. The Bertz CT molecular complexity index is 1500. The number of anilines is 1. The van der Waals surface area contributed by atoms with Crippen LogP contribution in [0.2, 0.25) is 5.02 Å². The van der Waals surface area contributed by atoms with Gasteiger partial charge in [-0.2, -0.15) is 0 Å². The quantitative estimate of drug-likeness (QED) is 0.350. The summed E-state index contributed by atoms with van der Waals surface area (Å²) in [5, 5.41) is 8.53. The minimum absolute atomic E-state index is 0.0811. The van der Waals surface area contributed by atoms with E-state index in [1.807, 2.05) is 0 Å². The summed E-state index contributed by atoms with van der Waals surface area (Å²) in [5.74, 6) is -3.41. The normalized spacial score (nSPS) is 21.8. The molecular weight excluding hydrogens is 495 g/mol. The third-order valence-electron chi connectivity index (χ3n) is 7.21. The van der Waals surface area contributed by atoms with E-state index in [0.717, 1.165) is 0 Å². The first-order chi connectivity index (χ1) is 17.8. The van der Waals surface area contributed by atoms with Gasteiger partial charge in [0.05, 0.1) is 29.1 Å². The fraction of sp³-hybridized carbons (Fsp3) is 0.179. The average molecular weight is 515 g/mol. The second kappa shape index (κ2) is 8.45. The molecule has 2 aliphatic rings. The summed E-state index contributed by atoms with van der Waals surface area (Å²) in [6, 6.07) is 18.7. The molecule has 1 fully saturated rings. The van der Waals surface area contributed by atoms with E-state index in [2.05, 4.69) is 10.3 Å². The standard InChI is InChI=1S/C28H20ClFN4O3/c1-16-14-33(32-31-16)15-34-22-5-3-2-4-21(22)28(27(34)37)23(25(35)17-6-10-19(29)11-7-17)24(28)26(36)18-8-12-20(30)13-9-18/h2-14,23-24H,15H2,1H3. The second-order valence-corrected chi connectivity index (χ2v) is 9.79. The van der Waals surface area contributed by atoms with E-state index < -0.39 is 23.1 Å². The van der Waals surface area contributed by atoms with E-state index in [9.17, 15) is 18.8 Å². The van der Waals surface area contributed by atoms with Crippen LogP contribution in [0.4, 0.5) is 10.1 Å². The number of para-hydroxylation sites is 1. The zero-order valence-electron chi connectivity index (χ0n) is 19.6. The fourth-order valence-corrected chi connectivity index (χ4v) is 5.68. The van der Waals surface area contributed by atoms with Crippen molar-refractivity contribution in [3.63, 3.8) is 0 Å². The van der Waals surface area contributed by atoms with Crippen LogP contribution in [0.1, 0.15) is 32.0 Å². The molecule has 1 saturated carbocycles. The van der Waals surface area contributed by atoms with Gasteiger partial charge >= 0.3 is 0 Å². The fourth-order valence-electron chi connectivity index (χ4n) is 5.55.